The molecule has 2 aromatic carbocycles. The Bertz CT molecular complexity index is 594. The van der Waals surface area contributed by atoms with Crippen molar-refractivity contribution in [3.63, 3.8) is 0 Å². The molecular weight excluding hydrogens is 226 g/mol. The number of hydrogen-bond acceptors (Lipinski definition) is 1. The van der Waals surface area contributed by atoms with E-state index in [-0.39, 0.29) is 0 Å². The summed E-state index contributed by atoms with van der Waals surface area (Å²) in [7, 11) is 0. The number of benzene rings is 2. The summed E-state index contributed by atoms with van der Waals surface area (Å²) in [5.74, 6) is 0.683. The Morgan fingerprint density at radius 1 is 1.00 bits per heavy atom. The van der Waals surface area contributed by atoms with Crippen LogP contribution in [0, 0.1) is 0 Å². The van der Waals surface area contributed by atoms with E-state index in [9.17, 15) is 5.21 Å². The summed E-state index contributed by atoms with van der Waals surface area (Å²) >= 11 is 0. The molecule has 0 spiro atoms. The molecule has 0 unspecified atom stereocenters. The van der Waals surface area contributed by atoms with E-state index in [4.69, 9.17) is 0 Å². The molecule has 0 bridgehead atoms. The highest BCUT2D eigenvalue weighted by atomic mass is 16.5. The number of rotatable bonds is 2. The Kier molecular flexibility index (Phi) is 2.76. The lowest BCUT2D eigenvalue weighted by molar-refractivity contribution is -0.788. The predicted octanol–water partition coefficient (Wildman–Crippen LogP) is 1.29. The normalized spacial score (nSPS) is 14.3. The van der Waals surface area contributed by atoms with E-state index in [2.05, 4.69) is 28.8 Å². The van der Waals surface area contributed by atoms with Crippen molar-refractivity contribution in [2.45, 2.75) is 6.54 Å². The summed E-state index contributed by atoms with van der Waals surface area (Å²) in [4.78, 5) is 0. The minimum absolute atomic E-state index is 0.469. The number of nitrogens with zero attached hydrogens (tertiary/aromatic N) is 1. The Balaban J connectivity index is 1.97. The lowest BCUT2D eigenvalue weighted by Gasteiger charge is -2.06. The van der Waals surface area contributed by atoms with Gasteiger partial charge in [-0.2, -0.15) is 0 Å². The summed E-state index contributed by atoms with van der Waals surface area (Å²) in [6, 6.07) is 14.4. The molecule has 1 saturated heterocycles. The SMILES string of the molecule is O[N+](Cc1cccc2ccccc12)=C1NCCN1. The van der Waals surface area contributed by atoms with Gasteiger partial charge in [0.2, 0.25) is 0 Å². The molecule has 0 amide bonds. The molecule has 4 nitrogen and oxygen atoms in total. The molecule has 1 aliphatic rings. The predicted molar refractivity (Wildman–Crippen MR) is 70.7 cm³/mol. The Labute approximate surface area is 106 Å². The number of fused-ring (bicyclic) bond motifs is 1. The van der Waals surface area contributed by atoms with Gasteiger partial charge in [0.15, 0.2) is 0 Å². The van der Waals surface area contributed by atoms with E-state index in [1.807, 2.05) is 24.3 Å². The molecule has 0 aromatic heterocycles. The standard InChI is InChI=1S/C14H15N3O/c18-17(14-15-8-9-16-14)10-12-6-3-5-11-4-1-2-7-13(11)12/h1-7,18H,8-10H2,(H,15,16)/p+1. The van der Waals surface area contributed by atoms with Gasteiger partial charge < -0.3 is 5.21 Å². The summed E-state index contributed by atoms with van der Waals surface area (Å²) < 4.78 is 1.23. The van der Waals surface area contributed by atoms with Crippen molar-refractivity contribution in [2.24, 2.45) is 0 Å². The Morgan fingerprint density at radius 2 is 1.72 bits per heavy atom. The maximum Gasteiger partial charge on any atom is 0.382 e. The first kappa shape index (κ1) is 10.9. The molecule has 3 N–H and O–H groups in total. The van der Waals surface area contributed by atoms with Crippen molar-refractivity contribution in [3.05, 3.63) is 48.0 Å². The van der Waals surface area contributed by atoms with Gasteiger partial charge in [-0.3, -0.25) is 10.6 Å². The zero-order chi connectivity index (χ0) is 12.4. The minimum atomic E-state index is 0.469. The van der Waals surface area contributed by atoms with E-state index < -0.39 is 0 Å². The van der Waals surface area contributed by atoms with Crippen LogP contribution in [0.4, 0.5) is 0 Å². The molecular formula is C14H16N3O+. The van der Waals surface area contributed by atoms with Crippen LogP contribution in [0.2, 0.25) is 0 Å². The maximum atomic E-state index is 10.0. The third kappa shape index (κ3) is 1.97. The summed E-state index contributed by atoms with van der Waals surface area (Å²) in [6.45, 7) is 2.17. The van der Waals surface area contributed by atoms with Gasteiger partial charge in [-0.25, -0.2) is 0 Å². The highest BCUT2D eigenvalue weighted by molar-refractivity contribution is 5.85. The largest absolute Gasteiger partial charge is 0.382 e. The molecule has 18 heavy (non-hydrogen) atoms. The molecule has 0 radical (unpaired) electrons. The van der Waals surface area contributed by atoms with E-state index in [0.29, 0.717) is 12.5 Å². The Hall–Kier alpha value is -2.23. The number of guanidine groups is 1. The van der Waals surface area contributed by atoms with Crippen molar-refractivity contribution < 1.29 is 9.95 Å². The first-order valence-corrected chi connectivity index (χ1v) is 6.12. The molecule has 0 atom stereocenters. The molecule has 4 heteroatoms. The van der Waals surface area contributed by atoms with Crippen molar-refractivity contribution >= 4 is 16.7 Å². The van der Waals surface area contributed by atoms with Crippen molar-refractivity contribution in [1.29, 1.82) is 0 Å². The maximum absolute atomic E-state index is 10.0. The quantitative estimate of drug-likeness (QED) is 0.422. The Morgan fingerprint density at radius 3 is 2.56 bits per heavy atom. The van der Waals surface area contributed by atoms with Crippen molar-refractivity contribution in [2.75, 3.05) is 13.1 Å². The molecule has 3 rings (SSSR count). The van der Waals surface area contributed by atoms with Crippen LogP contribution >= 0.6 is 0 Å². The monoisotopic (exact) mass is 242 g/mol. The first-order chi connectivity index (χ1) is 8.84. The fourth-order valence-electron chi connectivity index (χ4n) is 2.28. The van der Waals surface area contributed by atoms with Crippen LogP contribution in [0.25, 0.3) is 10.8 Å². The van der Waals surface area contributed by atoms with Gasteiger partial charge >= 0.3 is 5.96 Å². The van der Waals surface area contributed by atoms with Crippen LogP contribution in [-0.2, 0) is 6.54 Å². The zero-order valence-electron chi connectivity index (χ0n) is 10.1. The number of hydrogen-bond donors (Lipinski definition) is 3. The van der Waals surface area contributed by atoms with E-state index in [1.54, 1.807) is 0 Å². The molecule has 2 aromatic rings. The van der Waals surface area contributed by atoms with Crippen LogP contribution < -0.4 is 10.6 Å². The minimum Gasteiger partial charge on any atom is -0.376 e. The van der Waals surface area contributed by atoms with E-state index in [1.165, 1.54) is 15.5 Å². The molecule has 0 saturated carbocycles. The van der Waals surface area contributed by atoms with Gasteiger partial charge in [0.25, 0.3) is 0 Å². The lowest BCUT2D eigenvalue weighted by atomic mass is 10.0. The van der Waals surface area contributed by atoms with Crippen molar-refractivity contribution in [3.8, 4) is 0 Å². The second kappa shape index (κ2) is 4.56. The van der Waals surface area contributed by atoms with Gasteiger partial charge in [-0.15, -0.1) is 0 Å². The second-order valence-corrected chi connectivity index (χ2v) is 4.40. The van der Waals surface area contributed by atoms with Crippen LogP contribution in [-0.4, -0.2) is 29.0 Å². The van der Waals surface area contributed by atoms with Gasteiger partial charge in [-0.1, -0.05) is 47.2 Å². The average Bonchev–Trinajstić information content (AvgIpc) is 2.93. The third-order valence-corrected chi connectivity index (χ3v) is 3.17. The highest BCUT2D eigenvalue weighted by Gasteiger charge is 2.18. The van der Waals surface area contributed by atoms with E-state index in [0.717, 1.165) is 18.7 Å². The third-order valence-electron chi connectivity index (χ3n) is 3.17. The van der Waals surface area contributed by atoms with Gasteiger partial charge in [-0.05, 0) is 16.3 Å². The molecule has 92 valence electrons. The first-order valence-electron chi connectivity index (χ1n) is 6.12. The van der Waals surface area contributed by atoms with Crippen LogP contribution in [0.5, 0.6) is 0 Å². The summed E-state index contributed by atoms with van der Waals surface area (Å²) in [5.41, 5.74) is 1.11. The van der Waals surface area contributed by atoms with Crippen LogP contribution in [0.3, 0.4) is 0 Å². The van der Waals surface area contributed by atoms with Crippen LogP contribution in [0.15, 0.2) is 42.5 Å². The fraction of sp³-hybridized carbons (Fsp3) is 0.214. The molecule has 1 fully saturated rings. The van der Waals surface area contributed by atoms with Gasteiger partial charge in [0, 0.05) is 0 Å². The number of nitrogens with one attached hydrogen (secondary N) is 2. The zero-order valence-corrected chi connectivity index (χ0v) is 10.1. The number of hydroxylamine groups is 1. The van der Waals surface area contributed by atoms with Gasteiger partial charge in [0.05, 0.1) is 13.1 Å². The average molecular weight is 242 g/mol. The molecule has 1 heterocycles. The topological polar surface area (TPSA) is 47.3 Å². The fourth-order valence-corrected chi connectivity index (χ4v) is 2.28. The van der Waals surface area contributed by atoms with Crippen molar-refractivity contribution in [1.82, 2.24) is 10.6 Å². The van der Waals surface area contributed by atoms with Gasteiger partial charge in [0.1, 0.15) is 6.54 Å². The molecule has 0 aliphatic carbocycles. The summed E-state index contributed by atoms with van der Waals surface area (Å²) in [6.07, 6.45) is 0. The smallest absolute Gasteiger partial charge is 0.376 e. The summed E-state index contributed by atoms with van der Waals surface area (Å²) in [5, 5.41) is 18.6. The lowest BCUT2D eigenvalue weighted by Crippen LogP contribution is -2.34. The second-order valence-electron chi connectivity index (χ2n) is 4.40. The van der Waals surface area contributed by atoms with Crippen LogP contribution in [0.1, 0.15) is 5.56 Å². The molecule has 1 aliphatic heterocycles. The van der Waals surface area contributed by atoms with E-state index >= 15 is 0 Å². The highest BCUT2D eigenvalue weighted by Crippen LogP contribution is 2.18.